The number of rotatable bonds is 5. The average molecular weight is 375 g/mol. The molecule has 28 heavy (non-hydrogen) atoms. The van der Waals surface area contributed by atoms with Crippen molar-refractivity contribution in [2.24, 2.45) is 4.99 Å². The van der Waals surface area contributed by atoms with E-state index in [0.717, 1.165) is 48.9 Å². The van der Waals surface area contributed by atoms with Crippen LogP contribution >= 0.6 is 0 Å². The molecule has 5 nitrogen and oxygen atoms in total. The predicted octanol–water partition coefficient (Wildman–Crippen LogP) is 3.79. The lowest BCUT2D eigenvalue weighted by atomic mass is 10.1. The maximum atomic E-state index is 13.2. The summed E-state index contributed by atoms with van der Waals surface area (Å²) in [5.74, 6) is -0.322. The maximum absolute atomic E-state index is 13.2. The van der Waals surface area contributed by atoms with E-state index in [0.29, 0.717) is 5.71 Å². The summed E-state index contributed by atoms with van der Waals surface area (Å²) in [5, 5.41) is 2.99. The fraction of sp³-hybridized carbons (Fsp3) is 0.348. The topological polar surface area (TPSA) is 61.8 Å². The van der Waals surface area contributed by atoms with Gasteiger partial charge < -0.3 is 10.2 Å². The first-order valence-corrected chi connectivity index (χ1v) is 9.98. The van der Waals surface area contributed by atoms with Crippen molar-refractivity contribution in [2.75, 3.05) is 11.9 Å². The van der Waals surface area contributed by atoms with Gasteiger partial charge in [0.05, 0.1) is 0 Å². The number of anilines is 1. The molecule has 2 amide bonds. The Bertz CT molecular complexity index is 914. The van der Waals surface area contributed by atoms with Crippen LogP contribution in [0.2, 0.25) is 0 Å². The Morgan fingerprint density at radius 3 is 2.46 bits per heavy atom. The molecule has 1 aliphatic heterocycles. The summed E-state index contributed by atoms with van der Waals surface area (Å²) in [5.41, 5.74) is 2.62. The third kappa shape index (κ3) is 3.33. The zero-order valence-electron chi connectivity index (χ0n) is 16.1. The molecule has 0 unspecified atom stereocenters. The van der Waals surface area contributed by atoms with E-state index in [-0.39, 0.29) is 18.4 Å². The molecule has 4 rings (SSSR count). The lowest BCUT2D eigenvalue weighted by Crippen LogP contribution is -2.48. The van der Waals surface area contributed by atoms with Crippen LogP contribution in [0.4, 0.5) is 5.69 Å². The van der Waals surface area contributed by atoms with Gasteiger partial charge in [0.1, 0.15) is 17.9 Å². The van der Waals surface area contributed by atoms with E-state index < -0.39 is 5.66 Å². The van der Waals surface area contributed by atoms with Crippen molar-refractivity contribution >= 4 is 23.2 Å². The van der Waals surface area contributed by atoms with Crippen molar-refractivity contribution in [1.82, 2.24) is 4.90 Å². The molecular weight excluding hydrogens is 350 g/mol. The monoisotopic (exact) mass is 375 g/mol. The minimum atomic E-state index is -0.566. The minimum Gasteiger partial charge on any atom is -0.324 e. The number of carbonyl (C=O) groups is 2. The smallest absolute Gasteiger partial charge is 0.275 e. The lowest BCUT2D eigenvalue weighted by molar-refractivity contribution is -0.132. The summed E-state index contributed by atoms with van der Waals surface area (Å²) < 4.78 is 0. The maximum Gasteiger partial charge on any atom is 0.275 e. The quantitative estimate of drug-likeness (QED) is 0.864. The molecule has 0 bridgehead atoms. The molecule has 0 saturated heterocycles. The molecule has 1 spiro atoms. The molecule has 1 fully saturated rings. The highest BCUT2D eigenvalue weighted by Gasteiger charge is 2.49. The Kier molecular flexibility index (Phi) is 4.99. The fourth-order valence-electron chi connectivity index (χ4n) is 4.24. The summed E-state index contributed by atoms with van der Waals surface area (Å²) in [6.07, 6.45) is 4.51. The van der Waals surface area contributed by atoms with E-state index in [1.54, 1.807) is 4.90 Å². The second-order valence-electron chi connectivity index (χ2n) is 7.47. The van der Waals surface area contributed by atoms with Crippen LogP contribution in [0.3, 0.4) is 0 Å². The van der Waals surface area contributed by atoms with Gasteiger partial charge in [0.15, 0.2) is 0 Å². The number of hydrogen-bond acceptors (Lipinski definition) is 3. The van der Waals surface area contributed by atoms with Gasteiger partial charge in [0, 0.05) is 11.3 Å². The van der Waals surface area contributed by atoms with Gasteiger partial charge in [-0.05, 0) is 43.7 Å². The Labute approximate surface area is 165 Å². The molecular formula is C23H25N3O2. The molecule has 2 aromatic carbocycles. The van der Waals surface area contributed by atoms with Crippen LogP contribution in [0.5, 0.6) is 0 Å². The van der Waals surface area contributed by atoms with Crippen molar-refractivity contribution < 1.29 is 9.59 Å². The van der Waals surface area contributed by atoms with Crippen LogP contribution in [0.15, 0.2) is 59.6 Å². The first-order valence-electron chi connectivity index (χ1n) is 9.98. The average Bonchev–Trinajstić information content (AvgIpc) is 3.30. The van der Waals surface area contributed by atoms with Crippen LogP contribution < -0.4 is 5.32 Å². The third-order valence-corrected chi connectivity index (χ3v) is 5.70. The Morgan fingerprint density at radius 1 is 1.07 bits per heavy atom. The van der Waals surface area contributed by atoms with E-state index >= 15 is 0 Å². The standard InChI is InChI=1S/C23H25N3O2/c1-2-17-10-6-7-13-19(17)24-20(27)16-26-22(28)21(18-11-4-3-5-12-18)25-23(26)14-8-9-15-23/h3-7,10-13H,2,8-9,14-16H2,1H3,(H,24,27). The van der Waals surface area contributed by atoms with Gasteiger partial charge in [-0.25, -0.2) is 0 Å². The number of aliphatic imine (C=N–C) groups is 1. The molecule has 1 aliphatic carbocycles. The first kappa shape index (κ1) is 18.4. The largest absolute Gasteiger partial charge is 0.324 e. The predicted molar refractivity (Wildman–Crippen MR) is 110 cm³/mol. The van der Waals surface area contributed by atoms with Gasteiger partial charge in [-0.2, -0.15) is 0 Å². The molecule has 144 valence electrons. The van der Waals surface area contributed by atoms with Gasteiger partial charge in [-0.1, -0.05) is 55.5 Å². The highest BCUT2D eigenvalue weighted by Crippen LogP contribution is 2.41. The summed E-state index contributed by atoms with van der Waals surface area (Å²) in [6, 6.07) is 17.3. The Morgan fingerprint density at radius 2 is 1.75 bits per heavy atom. The van der Waals surface area contributed by atoms with Crippen molar-refractivity contribution in [2.45, 2.75) is 44.7 Å². The molecule has 1 saturated carbocycles. The van der Waals surface area contributed by atoms with Gasteiger partial charge in [-0.15, -0.1) is 0 Å². The highest BCUT2D eigenvalue weighted by atomic mass is 16.2. The number of nitrogens with zero attached hydrogens (tertiary/aromatic N) is 2. The molecule has 0 atom stereocenters. The number of carbonyl (C=O) groups excluding carboxylic acids is 2. The van der Waals surface area contributed by atoms with Gasteiger partial charge in [-0.3, -0.25) is 14.6 Å². The van der Waals surface area contributed by atoms with Gasteiger partial charge >= 0.3 is 0 Å². The van der Waals surface area contributed by atoms with Crippen molar-refractivity contribution in [3.05, 3.63) is 65.7 Å². The van der Waals surface area contributed by atoms with Crippen LogP contribution in [0.25, 0.3) is 0 Å². The zero-order valence-corrected chi connectivity index (χ0v) is 16.1. The highest BCUT2D eigenvalue weighted by molar-refractivity contribution is 6.47. The van der Waals surface area contributed by atoms with E-state index in [9.17, 15) is 9.59 Å². The van der Waals surface area contributed by atoms with Crippen molar-refractivity contribution in [3.8, 4) is 0 Å². The van der Waals surface area contributed by atoms with Crippen LogP contribution in [-0.2, 0) is 16.0 Å². The van der Waals surface area contributed by atoms with E-state index in [1.807, 2.05) is 54.6 Å². The van der Waals surface area contributed by atoms with Crippen LogP contribution in [0, 0.1) is 0 Å². The summed E-state index contributed by atoms with van der Waals surface area (Å²) >= 11 is 0. The van der Waals surface area contributed by atoms with Crippen molar-refractivity contribution in [3.63, 3.8) is 0 Å². The lowest BCUT2D eigenvalue weighted by Gasteiger charge is -2.32. The molecule has 2 aromatic rings. The SMILES string of the molecule is CCc1ccccc1NC(=O)CN1C(=O)C(c2ccccc2)=NC12CCCC2. The Balaban J connectivity index is 1.57. The van der Waals surface area contributed by atoms with Crippen LogP contribution in [-0.4, -0.2) is 34.6 Å². The summed E-state index contributed by atoms with van der Waals surface area (Å²) in [4.78, 5) is 32.5. The second kappa shape index (κ2) is 7.58. The molecule has 1 N–H and O–H groups in total. The first-order chi connectivity index (χ1) is 13.6. The fourth-order valence-corrected chi connectivity index (χ4v) is 4.24. The molecule has 2 aliphatic rings. The second-order valence-corrected chi connectivity index (χ2v) is 7.47. The molecule has 5 heteroatoms. The number of hydrogen-bond donors (Lipinski definition) is 1. The number of benzene rings is 2. The number of aryl methyl sites for hydroxylation is 1. The molecule has 1 heterocycles. The van der Waals surface area contributed by atoms with E-state index in [4.69, 9.17) is 4.99 Å². The summed E-state index contributed by atoms with van der Waals surface area (Å²) in [7, 11) is 0. The molecule has 0 radical (unpaired) electrons. The number of para-hydroxylation sites is 1. The van der Waals surface area contributed by atoms with E-state index in [2.05, 4.69) is 12.2 Å². The van der Waals surface area contributed by atoms with Gasteiger partial charge in [0.2, 0.25) is 5.91 Å². The summed E-state index contributed by atoms with van der Waals surface area (Å²) in [6.45, 7) is 2.08. The van der Waals surface area contributed by atoms with Crippen molar-refractivity contribution in [1.29, 1.82) is 0 Å². The van der Waals surface area contributed by atoms with Crippen LogP contribution in [0.1, 0.15) is 43.7 Å². The number of amides is 2. The third-order valence-electron chi connectivity index (χ3n) is 5.70. The van der Waals surface area contributed by atoms with E-state index in [1.165, 1.54) is 0 Å². The number of nitrogens with one attached hydrogen (secondary N) is 1. The normalized spacial score (nSPS) is 17.8. The molecule has 0 aromatic heterocycles. The Hall–Kier alpha value is -2.95. The van der Waals surface area contributed by atoms with Gasteiger partial charge in [0.25, 0.3) is 5.91 Å². The zero-order chi connectivity index (χ0) is 19.6. The minimum absolute atomic E-state index is 0.0245.